The van der Waals surface area contributed by atoms with Crippen LogP contribution < -0.4 is 11.1 Å². The summed E-state index contributed by atoms with van der Waals surface area (Å²) in [5.74, 6) is 0.611. The molecule has 0 bridgehead atoms. The molecule has 2 fully saturated rings. The van der Waals surface area contributed by atoms with E-state index in [1.165, 1.54) is 5.56 Å². The van der Waals surface area contributed by atoms with E-state index >= 15 is 0 Å². The Bertz CT molecular complexity index is 563. The third kappa shape index (κ3) is 4.29. The van der Waals surface area contributed by atoms with Gasteiger partial charge in [-0.1, -0.05) is 42.6 Å². The number of carbonyl (C=O) groups is 1. The van der Waals surface area contributed by atoms with Gasteiger partial charge in [0.1, 0.15) is 0 Å². The summed E-state index contributed by atoms with van der Waals surface area (Å²) >= 11 is 6.25. The van der Waals surface area contributed by atoms with Crippen molar-refractivity contribution in [2.24, 2.45) is 11.7 Å². The zero-order valence-corrected chi connectivity index (χ0v) is 15.0. The van der Waals surface area contributed by atoms with Crippen molar-refractivity contribution < 1.29 is 4.79 Å². The third-order valence-corrected chi connectivity index (χ3v) is 5.93. The summed E-state index contributed by atoms with van der Waals surface area (Å²) in [6.07, 6.45) is 6.03. The van der Waals surface area contributed by atoms with Crippen molar-refractivity contribution in [1.29, 1.82) is 0 Å². The van der Waals surface area contributed by atoms with E-state index in [-0.39, 0.29) is 5.91 Å². The number of hydrogen-bond donors (Lipinski definition) is 2. The van der Waals surface area contributed by atoms with Gasteiger partial charge in [-0.25, -0.2) is 0 Å². The maximum absolute atomic E-state index is 12.3. The Labute approximate surface area is 149 Å². The number of nitrogens with zero attached hydrogens (tertiary/aromatic N) is 1. The molecule has 4 nitrogen and oxygen atoms in total. The van der Waals surface area contributed by atoms with Crippen LogP contribution in [0.4, 0.5) is 0 Å². The lowest BCUT2D eigenvalue weighted by Crippen LogP contribution is -2.53. The van der Waals surface area contributed by atoms with Crippen LogP contribution in [-0.4, -0.2) is 36.0 Å². The number of piperidine rings is 1. The molecule has 132 valence electrons. The van der Waals surface area contributed by atoms with Gasteiger partial charge in [-0.05, 0) is 56.3 Å². The second-order valence-corrected chi connectivity index (χ2v) is 7.79. The summed E-state index contributed by atoms with van der Waals surface area (Å²) in [5.41, 5.74) is 6.79. The first kappa shape index (κ1) is 17.7. The Balaban J connectivity index is 1.41. The Hall–Kier alpha value is -1.10. The quantitative estimate of drug-likeness (QED) is 0.859. The zero-order valence-electron chi connectivity index (χ0n) is 14.3. The smallest absolute Gasteiger partial charge is 0.240 e. The fourth-order valence-electron chi connectivity index (χ4n) is 3.86. The summed E-state index contributed by atoms with van der Waals surface area (Å²) in [6.45, 7) is 3.78. The molecule has 1 aromatic carbocycles. The largest absolute Gasteiger partial charge is 0.354 e. The van der Waals surface area contributed by atoms with Gasteiger partial charge in [-0.15, -0.1) is 0 Å². The number of benzene rings is 1. The van der Waals surface area contributed by atoms with Crippen LogP contribution in [-0.2, 0) is 11.3 Å². The van der Waals surface area contributed by atoms with Gasteiger partial charge in [0.15, 0.2) is 0 Å². The van der Waals surface area contributed by atoms with Crippen LogP contribution in [0.1, 0.15) is 44.1 Å². The predicted molar refractivity (Wildman–Crippen MR) is 97.8 cm³/mol. The van der Waals surface area contributed by atoms with Crippen LogP contribution in [0.2, 0.25) is 5.02 Å². The van der Waals surface area contributed by atoms with Gasteiger partial charge in [0, 0.05) is 18.1 Å². The standard InChI is InChI=1S/C19H28ClN3O/c20-17-6-2-1-5-16(17)14-23-11-7-15(8-12-23)13-22-18(24)19(21)9-3-4-10-19/h1-2,5-6,15H,3-4,7-14,21H2,(H,22,24). The van der Waals surface area contributed by atoms with E-state index < -0.39 is 5.54 Å². The number of carbonyl (C=O) groups excluding carboxylic acids is 1. The van der Waals surface area contributed by atoms with Gasteiger partial charge < -0.3 is 11.1 Å². The highest BCUT2D eigenvalue weighted by Gasteiger charge is 2.37. The number of rotatable bonds is 5. The predicted octanol–water partition coefficient (Wildman–Crippen LogP) is 2.94. The number of nitrogens with one attached hydrogen (secondary N) is 1. The molecule has 0 spiro atoms. The average molecular weight is 350 g/mol. The third-order valence-electron chi connectivity index (χ3n) is 5.56. The Morgan fingerprint density at radius 2 is 1.92 bits per heavy atom. The number of likely N-dealkylation sites (tertiary alicyclic amines) is 1. The van der Waals surface area contributed by atoms with E-state index in [2.05, 4.69) is 16.3 Å². The summed E-state index contributed by atoms with van der Waals surface area (Å²) in [7, 11) is 0. The maximum atomic E-state index is 12.3. The first-order valence-electron chi connectivity index (χ1n) is 9.10. The van der Waals surface area contributed by atoms with E-state index in [9.17, 15) is 4.79 Å². The highest BCUT2D eigenvalue weighted by molar-refractivity contribution is 6.31. The minimum atomic E-state index is -0.606. The molecular weight excluding hydrogens is 322 g/mol. The lowest BCUT2D eigenvalue weighted by Gasteiger charge is -2.33. The van der Waals surface area contributed by atoms with Gasteiger partial charge >= 0.3 is 0 Å². The molecule has 1 aliphatic heterocycles. The molecular formula is C19H28ClN3O. The number of nitrogens with two attached hydrogens (primary N) is 1. The van der Waals surface area contributed by atoms with Crippen molar-refractivity contribution in [3.63, 3.8) is 0 Å². The first-order chi connectivity index (χ1) is 11.6. The molecule has 2 aliphatic rings. The van der Waals surface area contributed by atoms with Gasteiger partial charge in [-0.3, -0.25) is 9.69 Å². The fourth-order valence-corrected chi connectivity index (χ4v) is 4.06. The number of hydrogen-bond acceptors (Lipinski definition) is 3. The normalized spacial score (nSPS) is 21.8. The molecule has 5 heteroatoms. The summed E-state index contributed by atoms with van der Waals surface area (Å²) < 4.78 is 0. The van der Waals surface area contributed by atoms with Crippen LogP contribution >= 0.6 is 11.6 Å². The Morgan fingerprint density at radius 1 is 1.25 bits per heavy atom. The van der Waals surface area contributed by atoms with Gasteiger partial charge in [0.05, 0.1) is 5.54 Å². The van der Waals surface area contributed by atoms with Crippen molar-refractivity contribution in [2.75, 3.05) is 19.6 Å². The highest BCUT2D eigenvalue weighted by Crippen LogP contribution is 2.27. The summed E-state index contributed by atoms with van der Waals surface area (Å²) in [4.78, 5) is 14.7. The Kier molecular flexibility index (Phi) is 5.80. The van der Waals surface area contributed by atoms with Crippen LogP contribution in [0, 0.1) is 5.92 Å². The van der Waals surface area contributed by atoms with E-state index in [4.69, 9.17) is 17.3 Å². The van der Waals surface area contributed by atoms with E-state index in [0.29, 0.717) is 5.92 Å². The van der Waals surface area contributed by atoms with Crippen molar-refractivity contribution in [3.05, 3.63) is 34.9 Å². The molecule has 0 atom stereocenters. The molecule has 0 radical (unpaired) electrons. The maximum Gasteiger partial charge on any atom is 0.240 e. The second-order valence-electron chi connectivity index (χ2n) is 7.38. The van der Waals surface area contributed by atoms with E-state index in [1.807, 2.05) is 18.2 Å². The van der Waals surface area contributed by atoms with Crippen molar-refractivity contribution in [3.8, 4) is 0 Å². The molecule has 1 amide bonds. The molecule has 3 N–H and O–H groups in total. The fraction of sp³-hybridized carbons (Fsp3) is 0.632. The van der Waals surface area contributed by atoms with Crippen LogP contribution in [0.3, 0.4) is 0 Å². The van der Waals surface area contributed by atoms with E-state index in [1.54, 1.807) is 0 Å². The molecule has 24 heavy (non-hydrogen) atoms. The monoisotopic (exact) mass is 349 g/mol. The minimum Gasteiger partial charge on any atom is -0.354 e. The number of halogens is 1. The van der Waals surface area contributed by atoms with E-state index in [0.717, 1.165) is 69.7 Å². The van der Waals surface area contributed by atoms with Crippen LogP contribution in [0.5, 0.6) is 0 Å². The molecule has 1 saturated heterocycles. The molecule has 1 aromatic rings. The van der Waals surface area contributed by atoms with Crippen molar-refractivity contribution in [1.82, 2.24) is 10.2 Å². The lowest BCUT2D eigenvalue weighted by atomic mass is 9.94. The number of amides is 1. The summed E-state index contributed by atoms with van der Waals surface area (Å²) in [6, 6.07) is 8.05. The molecule has 1 aliphatic carbocycles. The molecule has 0 aromatic heterocycles. The topological polar surface area (TPSA) is 58.4 Å². The Morgan fingerprint density at radius 3 is 2.58 bits per heavy atom. The minimum absolute atomic E-state index is 0.0542. The molecule has 1 saturated carbocycles. The SMILES string of the molecule is NC1(C(=O)NCC2CCN(Cc3ccccc3Cl)CC2)CCCC1. The van der Waals surface area contributed by atoms with Crippen LogP contribution in [0.15, 0.2) is 24.3 Å². The van der Waals surface area contributed by atoms with Crippen LogP contribution in [0.25, 0.3) is 0 Å². The first-order valence-corrected chi connectivity index (χ1v) is 9.47. The van der Waals surface area contributed by atoms with Gasteiger partial charge in [0.2, 0.25) is 5.91 Å². The van der Waals surface area contributed by atoms with Crippen molar-refractivity contribution >= 4 is 17.5 Å². The van der Waals surface area contributed by atoms with Gasteiger partial charge in [-0.2, -0.15) is 0 Å². The summed E-state index contributed by atoms with van der Waals surface area (Å²) in [5, 5.41) is 3.95. The van der Waals surface area contributed by atoms with Gasteiger partial charge in [0.25, 0.3) is 0 Å². The lowest BCUT2D eigenvalue weighted by molar-refractivity contribution is -0.126. The molecule has 3 rings (SSSR count). The van der Waals surface area contributed by atoms with Crippen molar-refractivity contribution in [2.45, 2.75) is 50.6 Å². The highest BCUT2D eigenvalue weighted by atomic mass is 35.5. The molecule has 1 heterocycles. The molecule has 0 unspecified atom stereocenters. The second kappa shape index (κ2) is 7.85. The average Bonchev–Trinajstić information content (AvgIpc) is 3.04. The zero-order chi connectivity index (χ0) is 17.0.